The van der Waals surface area contributed by atoms with Gasteiger partial charge in [0.2, 0.25) is 5.78 Å². The van der Waals surface area contributed by atoms with Crippen LogP contribution in [0.1, 0.15) is 71.7 Å². The first-order valence-electron chi connectivity index (χ1n) is 13.1. The number of phenols is 1. The van der Waals surface area contributed by atoms with Gasteiger partial charge in [-0.05, 0) is 79.9 Å². The summed E-state index contributed by atoms with van der Waals surface area (Å²) in [5, 5.41) is 24.2. The first kappa shape index (κ1) is 27.1. The highest BCUT2D eigenvalue weighted by Crippen LogP contribution is 2.32. The van der Waals surface area contributed by atoms with Gasteiger partial charge in [-0.25, -0.2) is 0 Å². The maximum absolute atomic E-state index is 13.2. The molecule has 0 unspecified atom stereocenters. The van der Waals surface area contributed by atoms with Gasteiger partial charge in [-0.15, -0.1) is 0 Å². The van der Waals surface area contributed by atoms with Gasteiger partial charge in [0.25, 0.3) is 0 Å². The molecule has 0 spiro atoms. The van der Waals surface area contributed by atoms with Crippen molar-refractivity contribution in [3.8, 4) is 5.75 Å². The van der Waals surface area contributed by atoms with Crippen LogP contribution in [-0.4, -0.2) is 45.9 Å². The summed E-state index contributed by atoms with van der Waals surface area (Å²) in [7, 11) is 1.67. The molecule has 0 aliphatic rings. The number of unbranched alkanes of at least 4 members (excludes halogenated alkanes) is 3. The van der Waals surface area contributed by atoms with E-state index in [-0.39, 0.29) is 23.0 Å². The lowest BCUT2D eigenvalue weighted by molar-refractivity contribution is 0.103. The molecule has 1 aromatic heterocycles. The Labute approximate surface area is 222 Å². The molecule has 3 aromatic carbocycles. The lowest BCUT2D eigenvalue weighted by atomic mass is 9.98. The molecule has 7 heteroatoms. The molecule has 0 saturated heterocycles. The fraction of sp³-hybridized carbons (Fsp3) is 0.323. The number of ether oxygens (including phenoxy) is 1. The van der Waals surface area contributed by atoms with Crippen LogP contribution in [0.3, 0.4) is 0 Å². The van der Waals surface area contributed by atoms with Crippen molar-refractivity contribution in [1.29, 1.82) is 0 Å². The molecule has 4 rings (SSSR count). The summed E-state index contributed by atoms with van der Waals surface area (Å²) in [6, 6.07) is 17.3. The van der Waals surface area contributed by atoms with Crippen molar-refractivity contribution in [1.82, 2.24) is 4.57 Å². The summed E-state index contributed by atoms with van der Waals surface area (Å²) in [4.78, 5) is 26.4. The minimum absolute atomic E-state index is 0.101. The zero-order valence-corrected chi connectivity index (χ0v) is 21.9. The van der Waals surface area contributed by atoms with Crippen LogP contribution < -0.4 is 0 Å². The van der Waals surface area contributed by atoms with Crippen LogP contribution in [0.4, 0.5) is 0 Å². The van der Waals surface area contributed by atoms with Crippen LogP contribution in [-0.2, 0) is 11.3 Å². The summed E-state index contributed by atoms with van der Waals surface area (Å²) in [5.41, 5.74) is 3.52. The normalized spacial score (nSPS) is 11.9. The Hall–Kier alpha value is -3.97. The number of rotatable bonds is 13. The molecule has 0 aliphatic carbocycles. The molecule has 1 heterocycles. The minimum Gasteiger partial charge on any atom is -0.508 e. The second kappa shape index (κ2) is 12.5. The predicted molar refractivity (Wildman–Crippen MR) is 150 cm³/mol. The molecular formula is C31H34N2O5. The molecule has 0 radical (unpaired) electrons. The van der Waals surface area contributed by atoms with Crippen molar-refractivity contribution >= 4 is 39.1 Å². The highest BCUT2D eigenvalue weighted by Gasteiger charge is 2.19. The van der Waals surface area contributed by atoms with Crippen LogP contribution in [0.5, 0.6) is 5.75 Å². The largest absolute Gasteiger partial charge is 0.508 e. The Bertz CT molecular complexity index is 1470. The number of fused-ring (bicyclic) bond motifs is 3. The molecule has 2 N–H and O–H groups in total. The number of oxime groups is 1. The van der Waals surface area contributed by atoms with Crippen LogP contribution in [0, 0.1) is 0 Å². The van der Waals surface area contributed by atoms with Crippen LogP contribution in [0.2, 0.25) is 0 Å². The number of aryl methyl sites for hydroxylation is 1. The molecule has 0 saturated carbocycles. The summed E-state index contributed by atoms with van der Waals surface area (Å²) in [6.45, 7) is 3.45. The van der Waals surface area contributed by atoms with Gasteiger partial charge in [-0.1, -0.05) is 31.3 Å². The third-order valence-corrected chi connectivity index (χ3v) is 6.90. The van der Waals surface area contributed by atoms with Crippen molar-refractivity contribution in [2.24, 2.45) is 5.16 Å². The van der Waals surface area contributed by atoms with Gasteiger partial charge in [-0.2, -0.15) is 0 Å². The van der Waals surface area contributed by atoms with Gasteiger partial charge in [0.1, 0.15) is 11.5 Å². The number of carbonyl (C=O) groups is 2. The van der Waals surface area contributed by atoms with Gasteiger partial charge < -0.3 is 19.6 Å². The standard InChI is InChI=1S/C31H34N2O5/c1-3-4-5-6-8-27(32-37)31(36)23-12-16-29-26(20-23)25-19-22(30(35)21-9-13-24(34)14-10-21)11-15-28(25)33(29)17-7-18-38-2/h9-16,19-20,34,37H,3-8,17-18H2,1-2H3/b32-27+. The van der Waals surface area contributed by atoms with E-state index >= 15 is 0 Å². The quantitative estimate of drug-likeness (QED) is 0.0676. The number of ketones is 2. The Morgan fingerprint density at radius 3 is 2.11 bits per heavy atom. The van der Waals surface area contributed by atoms with Crippen LogP contribution >= 0.6 is 0 Å². The van der Waals surface area contributed by atoms with E-state index in [0.717, 1.165) is 53.9 Å². The minimum atomic E-state index is -0.289. The smallest absolute Gasteiger partial charge is 0.210 e. The van der Waals surface area contributed by atoms with Crippen LogP contribution in [0.25, 0.3) is 21.8 Å². The number of benzene rings is 3. The van der Waals surface area contributed by atoms with E-state index in [1.807, 2.05) is 30.3 Å². The summed E-state index contributed by atoms with van der Waals surface area (Å²) in [6.07, 6.45) is 5.17. The lowest BCUT2D eigenvalue weighted by Gasteiger charge is -2.08. The number of aromatic hydroxyl groups is 1. The first-order chi connectivity index (χ1) is 18.5. The molecule has 0 aliphatic heterocycles. The van der Waals surface area contributed by atoms with E-state index in [0.29, 0.717) is 36.3 Å². The van der Waals surface area contributed by atoms with E-state index in [2.05, 4.69) is 16.6 Å². The molecule has 0 atom stereocenters. The van der Waals surface area contributed by atoms with E-state index in [1.165, 1.54) is 12.1 Å². The maximum Gasteiger partial charge on any atom is 0.210 e. The zero-order valence-electron chi connectivity index (χ0n) is 21.9. The number of phenolic OH excluding ortho intramolecular Hbond substituents is 1. The molecule has 38 heavy (non-hydrogen) atoms. The maximum atomic E-state index is 13.2. The number of hydrogen-bond acceptors (Lipinski definition) is 6. The number of aromatic nitrogens is 1. The Kier molecular flexibility index (Phi) is 8.92. The average Bonchev–Trinajstić information content (AvgIpc) is 3.25. The molecule has 4 aromatic rings. The van der Waals surface area contributed by atoms with E-state index < -0.39 is 0 Å². The topological polar surface area (TPSA) is 101 Å². The molecule has 0 fully saturated rings. The van der Waals surface area contributed by atoms with Gasteiger partial charge in [0.15, 0.2) is 5.78 Å². The number of methoxy groups -OCH3 is 1. The van der Waals surface area contributed by atoms with E-state index in [4.69, 9.17) is 4.74 Å². The molecular weight excluding hydrogens is 480 g/mol. The SMILES string of the molecule is CCCCCC/C(=N\O)C(=O)c1ccc2c(c1)c1cc(C(=O)c3ccc(O)cc3)ccc1n2CCCOC. The number of carbonyl (C=O) groups excluding carboxylic acids is 2. The second-order valence-electron chi connectivity index (χ2n) is 9.52. The number of nitrogens with zero attached hydrogens (tertiary/aromatic N) is 2. The first-order valence-corrected chi connectivity index (χ1v) is 13.1. The summed E-state index contributed by atoms with van der Waals surface area (Å²) < 4.78 is 7.43. The van der Waals surface area contributed by atoms with Crippen molar-refractivity contribution in [2.45, 2.75) is 52.0 Å². The van der Waals surface area contributed by atoms with Crippen molar-refractivity contribution in [3.63, 3.8) is 0 Å². The van der Waals surface area contributed by atoms with Crippen molar-refractivity contribution in [3.05, 3.63) is 77.4 Å². The van der Waals surface area contributed by atoms with Crippen molar-refractivity contribution in [2.75, 3.05) is 13.7 Å². The molecule has 0 amide bonds. The molecule has 198 valence electrons. The average molecular weight is 515 g/mol. The predicted octanol–water partition coefficient (Wildman–Crippen LogP) is 6.75. The summed E-state index contributed by atoms with van der Waals surface area (Å²) in [5.74, 6) is -0.340. The van der Waals surface area contributed by atoms with Crippen LogP contribution in [0.15, 0.2) is 65.8 Å². The Morgan fingerprint density at radius 1 is 0.842 bits per heavy atom. The second-order valence-corrected chi connectivity index (χ2v) is 9.52. The molecule has 0 bridgehead atoms. The monoisotopic (exact) mass is 514 g/mol. The van der Waals surface area contributed by atoms with E-state index in [9.17, 15) is 19.9 Å². The third kappa shape index (κ3) is 5.78. The van der Waals surface area contributed by atoms with Gasteiger partial charge in [0, 0.05) is 58.8 Å². The van der Waals surface area contributed by atoms with E-state index in [1.54, 1.807) is 25.3 Å². The van der Waals surface area contributed by atoms with Gasteiger partial charge >= 0.3 is 0 Å². The van der Waals surface area contributed by atoms with Gasteiger partial charge in [-0.3, -0.25) is 9.59 Å². The Morgan fingerprint density at radius 2 is 1.47 bits per heavy atom. The Balaban J connectivity index is 1.76. The summed E-state index contributed by atoms with van der Waals surface area (Å²) >= 11 is 0. The van der Waals surface area contributed by atoms with Crippen molar-refractivity contribution < 1.29 is 24.6 Å². The number of hydrogen-bond donors (Lipinski definition) is 2. The zero-order chi connectivity index (χ0) is 27.1. The third-order valence-electron chi connectivity index (χ3n) is 6.90. The van der Waals surface area contributed by atoms with Gasteiger partial charge in [0.05, 0.1) is 0 Å². The molecule has 7 nitrogen and oxygen atoms in total. The highest BCUT2D eigenvalue weighted by atomic mass is 16.5. The lowest BCUT2D eigenvalue weighted by Crippen LogP contribution is -2.14. The highest BCUT2D eigenvalue weighted by molar-refractivity contribution is 6.46. The fourth-order valence-corrected chi connectivity index (χ4v) is 4.87. The number of Topliss-reactive ketones (excluding diaryl/α,β-unsaturated/α-hetero) is 1. The fourth-order valence-electron chi connectivity index (χ4n) is 4.87.